The van der Waals surface area contributed by atoms with Gasteiger partial charge in [0, 0.05) is 23.1 Å². The van der Waals surface area contributed by atoms with E-state index in [9.17, 15) is 9.59 Å². The Morgan fingerprint density at radius 3 is 2.64 bits per heavy atom. The molecule has 0 fully saturated rings. The molecule has 0 unspecified atom stereocenters. The standard InChI is InChI=1S/C24H22N4O4S/c1-16-7-9-18(10-8-16)25-20(29)13-22-26-19(15-33-22)14-31-23(30)12-11-21-27-24(28-32-21)17-5-3-2-4-6-17/h2-10,15H,11-14H2,1H3,(H,25,29). The van der Waals surface area contributed by atoms with Crippen LogP contribution in [0.5, 0.6) is 0 Å². The molecule has 2 aromatic heterocycles. The lowest BCUT2D eigenvalue weighted by Crippen LogP contribution is -2.14. The van der Waals surface area contributed by atoms with E-state index >= 15 is 0 Å². The number of rotatable bonds is 9. The molecule has 0 radical (unpaired) electrons. The van der Waals surface area contributed by atoms with E-state index < -0.39 is 0 Å². The third-order valence-electron chi connectivity index (χ3n) is 4.67. The van der Waals surface area contributed by atoms with Gasteiger partial charge < -0.3 is 14.6 Å². The van der Waals surface area contributed by atoms with Crippen LogP contribution in [0.2, 0.25) is 0 Å². The number of benzene rings is 2. The Hall–Kier alpha value is -3.85. The predicted octanol–water partition coefficient (Wildman–Crippen LogP) is 4.36. The van der Waals surface area contributed by atoms with Crippen LogP contribution in [0.4, 0.5) is 5.69 Å². The van der Waals surface area contributed by atoms with Crippen molar-refractivity contribution in [2.24, 2.45) is 0 Å². The van der Waals surface area contributed by atoms with Crippen molar-refractivity contribution in [2.75, 3.05) is 5.32 Å². The highest BCUT2D eigenvalue weighted by Gasteiger charge is 2.13. The number of hydrogen-bond donors (Lipinski definition) is 1. The van der Waals surface area contributed by atoms with Crippen molar-refractivity contribution in [1.82, 2.24) is 15.1 Å². The van der Waals surface area contributed by atoms with Gasteiger partial charge in [0.15, 0.2) is 0 Å². The molecule has 0 atom stereocenters. The molecule has 0 bridgehead atoms. The van der Waals surface area contributed by atoms with Crippen molar-refractivity contribution in [2.45, 2.75) is 32.8 Å². The summed E-state index contributed by atoms with van der Waals surface area (Å²) in [6.45, 7) is 2.04. The van der Waals surface area contributed by atoms with Gasteiger partial charge in [-0.15, -0.1) is 11.3 Å². The smallest absolute Gasteiger partial charge is 0.306 e. The molecule has 4 aromatic rings. The molecule has 4 rings (SSSR count). The number of aryl methyl sites for hydroxylation is 2. The second-order valence-corrected chi connectivity index (χ2v) is 8.30. The lowest BCUT2D eigenvalue weighted by molar-refractivity contribution is -0.145. The monoisotopic (exact) mass is 462 g/mol. The Kier molecular flexibility index (Phi) is 7.21. The summed E-state index contributed by atoms with van der Waals surface area (Å²) >= 11 is 1.36. The summed E-state index contributed by atoms with van der Waals surface area (Å²) < 4.78 is 10.5. The average molecular weight is 463 g/mol. The first-order valence-electron chi connectivity index (χ1n) is 10.4. The normalized spacial score (nSPS) is 10.7. The number of carbonyl (C=O) groups excluding carboxylic acids is 2. The van der Waals surface area contributed by atoms with Crippen molar-refractivity contribution >= 4 is 28.9 Å². The molecule has 8 nitrogen and oxygen atoms in total. The zero-order chi connectivity index (χ0) is 23.0. The number of thiazole rings is 1. The SMILES string of the molecule is Cc1ccc(NC(=O)Cc2nc(COC(=O)CCc3nc(-c4ccccc4)no3)cs2)cc1. The van der Waals surface area contributed by atoms with Gasteiger partial charge in [-0.25, -0.2) is 4.98 Å². The van der Waals surface area contributed by atoms with Crippen molar-refractivity contribution in [3.05, 3.63) is 82.1 Å². The molecule has 1 N–H and O–H groups in total. The molecule has 0 aliphatic carbocycles. The molecular weight excluding hydrogens is 440 g/mol. The van der Waals surface area contributed by atoms with E-state index in [1.54, 1.807) is 5.38 Å². The molecule has 0 aliphatic heterocycles. The summed E-state index contributed by atoms with van der Waals surface area (Å²) in [6, 6.07) is 17.1. The van der Waals surface area contributed by atoms with Crippen molar-refractivity contribution in [1.29, 1.82) is 0 Å². The van der Waals surface area contributed by atoms with Gasteiger partial charge in [0.2, 0.25) is 17.6 Å². The first-order valence-corrected chi connectivity index (χ1v) is 11.3. The molecule has 0 saturated carbocycles. The van der Waals surface area contributed by atoms with E-state index in [0.717, 1.165) is 16.8 Å². The van der Waals surface area contributed by atoms with Crippen LogP contribution in [0.3, 0.4) is 0 Å². The topological polar surface area (TPSA) is 107 Å². The Labute approximate surface area is 194 Å². The predicted molar refractivity (Wildman–Crippen MR) is 123 cm³/mol. The number of aromatic nitrogens is 3. The Bertz CT molecular complexity index is 1220. The van der Waals surface area contributed by atoms with Gasteiger partial charge in [-0.3, -0.25) is 9.59 Å². The van der Waals surface area contributed by atoms with E-state index in [1.807, 2.05) is 61.5 Å². The maximum Gasteiger partial charge on any atom is 0.306 e. The number of esters is 1. The lowest BCUT2D eigenvalue weighted by Gasteiger charge is -2.04. The van der Waals surface area contributed by atoms with Gasteiger partial charge in [-0.05, 0) is 19.1 Å². The van der Waals surface area contributed by atoms with Gasteiger partial charge in [0.1, 0.15) is 11.6 Å². The zero-order valence-corrected chi connectivity index (χ0v) is 18.8. The number of ether oxygens (including phenoxy) is 1. The van der Waals surface area contributed by atoms with Crippen LogP contribution in [0.1, 0.15) is 28.6 Å². The van der Waals surface area contributed by atoms with Gasteiger partial charge in [0.05, 0.1) is 18.5 Å². The minimum absolute atomic E-state index is 0.0496. The first-order chi connectivity index (χ1) is 16.0. The summed E-state index contributed by atoms with van der Waals surface area (Å²) in [5, 5.41) is 9.22. The minimum Gasteiger partial charge on any atom is -0.459 e. The molecule has 1 amide bonds. The summed E-state index contributed by atoms with van der Waals surface area (Å²) in [4.78, 5) is 33.0. The van der Waals surface area contributed by atoms with Crippen LogP contribution in [-0.4, -0.2) is 27.0 Å². The fourth-order valence-corrected chi connectivity index (χ4v) is 3.75. The molecule has 168 valence electrons. The van der Waals surface area contributed by atoms with Gasteiger partial charge in [-0.1, -0.05) is 53.2 Å². The maximum absolute atomic E-state index is 12.2. The van der Waals surface area contributed by atoms with E-state index in [2.05, 4.69) is 20.4 Å². The zero-order valence-electron chi connectivity index (χ0n) is 18.0. The molecule has 2 heterocycles. The third-order valence-corrected chi connectivity index (χ3v) is 5.57. The van der Waals surface area contributed by atoms with Crippen molar-refractivity contribution in [3.8, 4) is 11.4 Å². The highest BCUT2D eigenvalue weighted by molar-refractivity contribution is 7.09. The van der Waals surface area contributed by atoms with E-state index in [1.165, 1.54) is 11.3 Å². The Balaban J connectivity index is 1.20. The summed E-state index contributed by atoms with van der Waals surface area (Å²) in [5.41, 5.74) is 3.33. The van der Waals surface area contributed by atoms with Crippen LogP contribution in [0, 0.1) is 6.92 Å². The van der Waals surface area contributed by atoms with Crippen LogP contribution in [0.25, 0.3) is 11.4 Å². The van der Waals surface area contributed by atoms with Crippen LogP contribution >= 0.6 is 11.3 Å². The second kappa shape index (κ2) is 10.6. The fourth-order valence-electron chi connectivity index (χ4n) is 2.97. The quantitative estimate of drug-likeness (QED) is 0.368. The molecule has 0 saturated heterocycles. The van der Waals surface area contributed by atoms with E-state index in [4.69, 9.17) is 9.26 Å². The minimum atomic E-state index is -0.388. The largest absolute Gasteiger partial charge is 0.459 e. The van der Waals surface area contributed by atoms with Crippen LogP contribution < -0.4 is 5.32 Å². The molecule has 2 aromatic carbocycles. The number of nitrogens with zero attached hydrogens (tertiary/aromatic N) is 3. The summed E-state index contributed by atoms with van der Waals surface area (Å²) in [5.74, 6) is 0.328. The van der Waals surface area contributed by atoms with Crippen LogP contribution in [0.15, 0.2) is 64.5 Å². The molecule has 0 spiro atoms. The van der Waals surface area contributed by atoms with Gasteiger partial charge in [0.25, 0.3) is 0 Å². The fraction of sp³-hybridized carbons (Fsp3) is 0.208. The van der Waals surface area contributed by atoms with Crippen molar-refractivity contribution in [3.63, 3.8) is 0 Å². The Morgan fingerprint density at radius 2 is 1.85 bits per heavy atom. The highest BCUT2D eigenvalue weighted by Crippen LogP contribution is 2.16. The number of anilines is 1. The summed E-state index contributed by atoms with van der Waals surface area (Å²) in [6.07, 6.45) is 0.569. The number of amides is 1. The molecule has 0 aliphatic rings. The number of hydrogen-bond acceptors (Lipinski definition) is 8. The second-order valence-electron chi connectivity index (χ2n) is 7.36. The highest BCUT2D eigenvalue weighted by atomic mass is 32.1. The average Bonchev–Trinajstić information content (AvgIpc) is 3.48. The van der Waals surface area contributed by atoms with Crippen LogP contribution in [-0.2, 0) is 33.8 Å². The van der Waals surface area contributed by atoms with Crippen molar-refractivity contribution < 1.29 is 18.8 Å². The van der Waals surface area contributed by atoms with Gasteiger partial charge in [-0.2, -0.15) is 4.98 Å². The number of nitrogens with one attached hydrogen (secondary N) is 1. The molecule has 9 heteroatoms. The van der Waals surface area contributed by atoms with E-state index in [0.29, 0.717) is 28.8 Å². The summed E-state index contributed by atoms with van der Waals surface area (Å²) in [7, 11) is 0. The lowest BCUT2D eigenvalue weighted by atomic mass is 10.2. The molecule has 33 heavy (non-hydrogen) atoms. The Morgan fingerprint density at radius 1 is 1.06 bits per heavy atom. The molecular formula is C24H22N4O4S. The third kappa shape index (κ3) is 6.56. The first kappa shape index (κ1) is 22.3. The van der Waals surface area contributed by atoms with Gasteiger partial charge >= 0.3 is 5.97 Å². The van der Waals surface area contributed by atoms with E-state index in [-0.39, 0.29) is 31.3 Å². The maximum atomic E-state index is 12.2. The number of carbonyl (C=O) groups is 2.